The van der Waals surface area contributed by atoms with Crippen LogP contribution in [0.25, 0.3) is 0 Å². The highest BCUT2D eigenvalue weighted by atomic mass is 32.2. The SMILES string of the molecule is Cc1ccc(S(=O)(=O)Nc2cccc(C)c2C(=O)O)s1. The largest absolute Gasteiger partial charge is 0.478 e. The second kappa shape index (κ2) is 5.26. The molecule has 0 saturated carbocycles. The number of aryl methyl sites for hydroxylation is 2. The van der Waals surface area contributed by atoms with E-state index in [-0.39, 0.29) is 15.5 Å². The number of hydrogen-bond acceptors (Lipinski definition) is 4. The van der Waals surface area contributed by atoms with E-state index in [1.165, 1.54) is 12.1 Å². The minimum Gasteiger partial charge on any atom is -0.478 e. The van der Waals surface area contributed by atoms with Gasteiger partial charge in [-0.05, 0) is 37.6 Å². The van der Waals surface area contributed by atoms with E-state index in [1.54, 1.807) is 32.0 Å². The summed E-state index contributed by atoms with van der Waals surface area (Å²) in [6.07, 6.45) is 0. The molecule has 0 bridgehead atoms. The van der Waals surface area contributed by atoms with E-state index in [9.17, 15) is 18.3 Å². The van der Waals surface area contributed by atoms with Gasteiger partial charge in [0.05, 0.1) is 11.3 Å². The quantitative estimate of drug-likeness (QED) is 0.909. The lowest BCUT2D eigenvalue weighted by molar-refractivity contribution is 0.0697. The van der Waals surface area contributed by atoms with Gasteiger partial charge in [-0.25, -0.2) is 13.2 Å². The van der Waals surface area contributed by atoms with Gasteiger partial charge in [-0.3, -0.25) is 4.72 Å². The lowest BCUT2D eigenvalue weighted by Crippen LogP contribution is -2.15. The molecule has 0 fully saturated rings. The van der Waals surface area contributed by atoms with Crippen molar-refractivity contribution in [1.29, 1.82) is 0 Å². The van der Waals surface area contributed by atoms with Gasteiger partial charge in [0.25, 0.3) is 10.0 Å². The van der Waals surface area contributed by atoms with Gasteiger partial charge < -0.3 is 5.11 Å². The number of benzene rings is 1. The van der Waals surface area contributed by atoms with Crippen LogP contribution in [-0.2, 0) is 10.0 Å². The smallest absolute Gasteiger partial charge is 0.338 e. The first kappa shape index (κ1) is 14.5. The number of aromatic carboxylic acids is 1. The predicted octanol–water partition coefficient (Wildman–Crippen LogP) is 2.86. The van der Waals surface area contributed by atoms with E-state index in [1.807, 2.05) is 0 Å². The topological polar surface area (TPSA) is 83.5 Å². The summed E-state index contributed by atoms with van der Waals surface area (Å²) in [5.74, 6) is -1.16. The molecule has 0 radical (unpaired) electrons. The van der Waals surface area contributed by atoms with Crippen LogP contribution in [-0.4, -0.2) is 19.5 Å². The van der Waals surface area contributed by atoms with Gasteiger partial charge in [0, 0.05) is 4.88 Å². The summed E-state index contributed by atoms with van der Waals surface area (Å²) in [5, 5.41) is 9.19. The maximum atomic E-state index is 12.2. The number of carboxylic acids is 1. The van der Waals surface area contributed by atoms with Gasteiger partial charge in [-0.2, -0.15) is 0 Å². The Morgan fingerprint density at radius 2 is 1.90 bits per heavy atom. The van der Waals surface area contributed by atoms with Crippen LogP contribution in [0.1, 0.15) is 20.8 Å². The zero-order chi connectivity index (χ0) is 14.9. The van der Waals surface area contributed by atoms with Crippen LogP contribution < -0.4 is 4.72 Å². The fourth-order valence-corrected chi connectivity index (χ4v) is 4.14. The van der Waals surface area contributed by atoms with Crippen LogP contribution >= 0.6 is 11.3 Å². The van der Waals surface area contributed by atoms with Crippen LogP contribution in [0.3, 0.4) is 0 Å². The van der Waals surface area contributed by atoms with Crippen molar-refractivity contribution in [3.8, 4) is 0 Å². The van der Waals surface area contributed by atoms with Crippen molar-refractivity contribution in [3.05, 3.63) is 46.3 Å². The molecule has 2 N–H and O–H groups in total. The molecular weight excluding hydrogens is 298 g/mol. The van der Waals surface area contributed by atoms with Gasteiger partial charge in [0.1, 0.15) is 4.21 Å². The van der Waals surface area contributed by atoms with Crippen LogP contribution in [0.5, 0.6) is 0 Å². The minimum atomic E-state index is -3.76. The molecule has 106 valence electrons. The maximum absolute atomic E-state index is 12.2. The summed E-state index contributed by atoms with van der Waals surface area (Å²) in [6.45, 7) is 3.43. The molecule has 2 rings (SSSR count). The van der Waals surface area contributed by atoms with Gasteiger partial charge in [0.2, 0.25) is 0 Å². The molecule has 0 saturated heterocycles. The van der Waals surface area contributed by atoms with Crippen LogP contribution in [0.2, 0.25) is 0 Å². The average Bonchev–Trinajstić information content (AvgIpc) is 2.75. The summed E-state index contributed by atoms with van der Waals surface area (Å²) < 4.78 is 26.9. The minimum absolute atomic E-state index is 0.0376. The van der Waals surface area contributed by atoms with E-state index >= 15 is 0 Å². The van der Waals surface area contributed by atoms with Gasteiger partial charge in [0.15, 0.2) is 0 Å². The lowest BCUT2D eigenvalue weighted by atomic mass is 10.1. The molecule has 0 aliphatic heterocycles. The molecule has 0 aliphatic rings. The molecule has 7 heteroatoms. The van der Waals surface area contributed by atoms with Gasteiger partial charge in [-0.15, -0.1) is 11.3 Å². The first-order valence-corrected chi connectivity index (χ1v) is 8.03. The summed E-state index contributed by atoms with van der Waals surface area (Å²) >= 11 is 1.13. The molecule has 0 amide bonds. The van der Waals surface area contributed by atoms with Crippen molar-refractivity contribution in [2.24, 2.45) is 0 Å². The molecule has 1 heterocycles. The monoisotopic (exact) mass is 311 g/mol. The van der Waals surface area contributed by atoms with Crippen molar-refractivity contribution in [3.63, 3.8) is 0 Å². The number of carbonyl (C=O) groups is 1. The Balaban J connectivity index is 2.45. The number of rotatable bonds is 4. The Morgan fingerprint density at radius 3 is 2.45 bits per heavy atom. The lowest BCUT2D eigenvalue weighted by Gasteiger charge is -2.11. The first-order valence-electron chi connectivity index (χ1n) is 5.73. The highest BCUT2D eigenvalue weighted by Crippen LogP contribution is 2.26. The van der Waals surface area contributed by atoms with Crippen LogP contribution in [0.15, 0.2) is 34.5 Å². The fraction of sp³-hybridized carbons (Fsp3) is 0.154. The van der Waals surface area contributed by atoms with E-state index in [0.29, 0.717) is 5.56 Å². The van der Waals surface area contributed by atoms with E-state index in [2.05, 4.69) is 4.72 Å². The Morgan fingerprint density at radius 1 is 1.20 bits per heavy atom. The second-order valence-corrected chi connectivity index (χ2v) is 7.47. The van der Waals surface area contributed by atoms with Crippen molar-refractivity contribution >= 4 is 33.0 Å². The number of carboxylic acid groups (broad SMARTS) is 1. The number of hydrogen-bond donors (Lipinski definition) is 2. The number of nitrogens with one attached hydrogen (secondary N) is 1. The fourth-order valence-electron chi connectivity index (χ4n) is 1.79. The number of thiophene rings is 1. The molecule has 1 aromatic heterocycles. The Labute approximate surface area is 120 Å². The molecule has 5 nitrogen and oxygen atoms in total. The highest BCUT2D eigenvalue weighted by molar-refractivity contribution is 7.94. The van der Waals surface area contributed by atoms with Gasteiger partial charge >= 0.3 is 5.97 Å². The molecule has 0 unspecified atom stereocenters. The van der Waals surface area contributed by atoms with E-state index in [4.69, 9.17) is 0 Å². The molecule has 0 atom stereocenters. The Kier molecular flexibility index (Phi) is 3.82. The molecule has 20 heavy (non-hydrogen) atoms. The normalized spacial score (nSPS) is 11.3. The standard InChI is InChI=1S/C13H13NO4S2/c1-8-4-3-5-10(12(8)13(15)16)14-20(17,18)11-7-6-9(2)19-11/h3-7,14H,1-2H3,(H,15,16). The molecule has 1 aromatic carbocycles. The second-order valence-electron chi connectivity index (χ2n) is 4.27. The summed E-state index contributed by atoms with van der Waals surface area (Å²) in [4.78, 5) is 12.1. The molecular formula is C13H13NO4S2. The summed E-state index contributed by atoms with van der Waals surface area (Å²) in [6, 6.07) is 7.87. The average molecular weight is 311 g/mol. The third-order valence-corrected chi connectivity index (χ3v) is 5.57. The highest BCUT2D eigenvalue weighted by Gasteiger charge is 2.20. The number of anilines is 1. The third-order valence-electron chi connectivity index (χ3n) is 2.71. The van der Waals surface area contributed by atoms with Crippen molar-refractivity contribution in [1.82, 2.24) is 0 Å². The zero-order valence-corrected chi connectivity index (χ0v) is 12.5. The van der Waals surface area contributed by atoms with Crippen molar-refractivity contribution in [2.75, 3.05) is 4.72 Å². The van der Waals surface area contributed by atoms with Crippen LogP contribution in [0.4, 0.5) is 5.69 Å². The van der Waals surface area contributed by atoms with Crippen molar-refractivity contribution in [2.45, 2.75) is 18.1 Å². The number of sulfonamides is 1. The Bertz CT molecular complexity index is 762. The third kappa shape index (κ3) is 2.83. The van der Waals surface area contributed by atoms with E-state index < -0.39 is 16.0 Å². The molecule has 2 aromatic rings. The summed E-state index contributed by atoms with van der Waals surface area (Å²) in [7, 11) is -3.76. The van der Waals surface area contributed by atoms with E-state index in [0.717, 1.165) is 16.2 Å². The van der Waals surface area contributed by atoms with Crippen LogP contribution in [0, 0.1) is 13.8 Å². The summed E-state index contributed by atoms with van der Waals surface area (Å²) in [5.41, 5.74) is 0.535. The molecule has 0 aliphatic carbocycles. The zero-order valence-electron chi connectivity index (χ0n) is 10.9. The predicted molar refractivity (Wildman–Crippen MR) is 78.0 cm³/mol. The first-order chi connectivity index (χ1) is 9.31. The van der Waals surface area contributed by atoms with Gasteiger partial charge in [-0.1, -0.05) is 12.1 Å². The Hall–Kier alpha value is -1.86. The molecule has 0 spiro atoms. The van der Waals surface area contributed by atoms with Crippen molar-refractivity contribution < 1.29 is 18.3 Å². The maximum Gasteiger partial charge on any atom is 0.338 e.